The summed E-state index contributed by atoms with van der Waals surface area (Å²) in [6, 6.07) is 2.76. The molecule has 0 radical (unpaired) electrons. The van der Waals surface area contributed by atoms with Gasteiger partial charge in [0.05, 0.1) is 0 Å². The van der Waals surface area contributed by atoms with Gasteiger partial charge in [-0.05, 0) is 54.3 Å². The van der Waals surface area contributed by atoms with Crippen LogP contribution < -0.4 is 5.56 Å². The van der Waals surface area contributed by atoms with Crippen molar-refractivity contribution < 1.29 is 0 Å². The molecule has 1 saturated carbocycles. The zero-order chi connectivity index (χ0) is 14.7. The number of rotatable bonds is 3. The van der Waals surface area contributed by atoms with Crippen molar-refractivity contribution in [2.24, 2.45) is 0 Å². The molecule has 1 aliphatic heterocycles. The van der Waals surface area contributed by atoms with Crippen LogP contribution in [0.25, 0.3) is 0 Å². The quantitative estimate of drug-likeness (QED) is 0.907. The van der Waals surface area contributed by atoms with Gasteiger partial charge in [-0.15, -0.1) is 0 Å². The van der Waals surface area contributed by atoms with E-state index >= 15 is 0 Å². The largest absolute Gasteiger partial charge is 0.328 e. The van der Waals surface area contributed by atoms with E-state index in [1.165, 1.54) is 38.6 Å². The Morgan fingerprint density at radius 1 is 1.14 bits per heavy atom. The lowest BCUT2D eigenvalue weighted by Crippen LogP contribution is -2.37. The molecule has 1 N–H and O–H groups in total. The summed E-state index contributed by atoms with van der Waals surface area (Å²) in [5.74, 6) is 0. The molecule has 21 heavy (non-hydrogen) atoms. The molecule has 0 amide bonds. The number of nitrogens with zero attached hydrogens (tertiary/aromatic N) is 2. The Morgan fingerprint density at radius 3 is 2.76 bits per heavy atom. The molecule has 1 aromatic rings. The molecular formula is C16H24BrN3O. The number of halogens is 1. The molecule has 0 unspecified atom stereocenters. The molecule has 0 aromatic carbocycles. The molecule has 4 nitrogen and oxygen atoms in total. The fourth-order valence-electron chi connectivity index (χ4n) is 3.64. The maximum absolute atomic E-state index is 11.9. The third-order valence-corrected chi connectivity index (χ3v) is 5.26. The third-order valence-electron chi connectivity index (χ3n) is 4.80. The topological polar surface area (TPSA) is 39.3 Å². The van der Waals surface area contributed by atoms with E-state index in [1.54, 1.807) is 6.20 Å². The van der Waals surface area contributed by atoms with Crippen LogP contribution in [0.5, 0.6) is 0 Å². The summed E-state index contributed by atoms with van der Waals surface area (Å²) in [4.78, 5) is 19.8. The van der Waals surface area contributed by atoms with E-state index in [4.69, 9.17) is 0 Å². The Kier molecular flexibility index (Phi) is 5.14. The lowest BCUT2D eigenvalue weighted by molar-refractivity contribution is 0.198. The number of aromatic amines is 1. The normalized spacial score (nSPS) is 22.5. The van der Waals surface area contributed by atoms with Crippen molar-refractivity contribution in [1.82, 2.24) is 14.8 Å². The van der Waals surface area contributed by atoms with Gasteiger partial charge in [0.1, 0.15) is 0 Å². The van der Waals surface area contributed by atoms with Gasteiger partial charge >= 0.3 is 0 Å². The fraction of sp³-hybridized carbons (Fsp3) is 0.688. The van der Waals surface area contributed by atoms with Crippen molar-refractivity contribution in [2.45, 2.75) is 44.7 Å². The van der Waals surface area contributed by atoms with Crippen molar-refractivity contribution in [3.63, 3.8) is 0 Å². The molecule has 116 valence electrons. The van der Waals surface area contributed by atoms with Crippen LogP contribution >= 0.6 is 15.9 Å². The Labute approximate surface area is 134 Å². The van der Waals surface area contributed by atoms with E-state index in [2.05, 4.69) is 30.7 Å². The van der Waals surface area contributed by atoms with E-state index < -0.39 is 0 Å². The molecule has 2 aliphatic rings. The number of aromatic nitrogens is 1. The summed E-state index contributed by atoms with van der Waals surface area (Å²) in [6.07, 6.45) is 8.48. The molecule has 2 heterocycles. The van der Waals surface area contributed by atoms with Crippen LogP contribution in [0.1, 0.15) is 37.7 Å². The summed E-state index contributed by atoms with van der Waals surface area (Å²) in [6.45, 7) is 5.29. The molecule has 3 rings (SSSR count). The van der Waals surface area contributed by atoms with E-state index in [1.807, 2.05) is 6.07 Å². The first-order valence-corrected chi connectivity index (χ1v) is 8.85. The Balaban J connectivity index is 1.59. The minimum atomic E-state index is 0.0371. The van der Waals surface area contributed by atoms with Crippen LogP contribution in [0.2, 0.25) is 0 Å². The van der Waals surface area contributed by atoms with Crippen LogP contribution in [0, 0.1) is 0 Å². The van der Waals surface area contributed by atoms with Crippen LogP contribution in [0.15, 0.2) is 21.5 Å². The molecule has 0 atom stereocenters. The second-order valence-electron chi connectivity index (χ2n) is 6.28. The summed E-state index contributed by atoms with van der Waals surface area (Å²) in [5.41, 5.74) is 0.897. The molecule has 1 saturated heterocycles. The predicted molar refractivity (Wildman–Crippen MR) is 88.5 cm³/mol. The zero-order valence-corrected chi connectivity index (χ0v) is 14.1. The van der Waals surface area contributed by atoms with Crippen molar-refractivity contribution in [1.29, 1.82) is 0 Å². The highest BCUT2D eigenvalue weighted by Gasteiger charge is 2.24. The second-order valence-corrected chi connectivity index (χ2v) is 7.19. The molecule has 2 fully saturated rings. The Hall–Kier alpha value is -0.650. The minimum Gasteiger partial charge on any atom is -0.328 e. The molecule has 0 spiro atoms. The van der Waals surface area contributed by atoms with E-state index in [9.17, 15) is 4.79 Å². The predicted octanol–water partition coefficient (Wildman–Crippen LogP) is 2.59. The van der Waals surface area contributed by atoms with Crippen LogP contribution in [0.3, 0.4) is 0 Å². The van der Waals surface area contributed by atoms with E-state index in [-0.39, 0.29) is 5.56 Å². The van der Waals surface area contributed by atoms with Gasteiger partial charge in [-0.1, -0.05) is 12.8 Å². The van der Waals surface area contributed by atoms with Gasteiger partial charge in [0.25, 0.3) is 5.56 Å². The lowest BCUT2D eigenvalue weighted by atomic mass is 10.2. The monoisotopic (exact) mass is 353 g/mol. The van der Waals surface area contributed by atoms with Crippen LogP contribution in [0.4, 0.5) is 0 Å². The first-order chi connectivity index (χ1) is 10.2. The Bertz CT molecular complexity index is 524. The fourth-order valence-corrected chi connectivity index (χ4v) is 4.03. The molecule has 5 heteroatoms. The van der Waals surface area contributed by atoms with Gasteiger partial charge in [0.15, 0.2) is 0 Å². The van der Waals surface area contributed by atoms with Gasteiger partial charge in [0.2, 0.25) is 0 Å². The number of H-pyrrole nitrogens is 1. The third kappa shape index (κ3) is 3.96. The van der Waals surface area contributed by atoms with Crippen molar-refractivity contribution in [3.05, 3.63) is 32.7 Å². The highest BCUT2D eigenvalue weighted by Crippen LogP contribution is 2.24. The molecule has 0 bridgehead atoms. The van der Waals surface area contributed by atoms with Gasteiger partial charge in [0, 0.05) is 41.9 Å². The van der Waals surface area contributed by atoms with Gasteiger partial charge in [-0.3, -0.25) is 14.6 Å². The zero-order valence-electron chi connectivity index (χ0n) is 12.5. The molecular weight excluding hydrogens is 330 g/mol. The summed E-state index contributed by atoms with van der Waals surface area (Å²) in [5, 5.41) is 0. The summed E-state index contributed by atoms with van der Waals surface area (Å²) < 4.78 is 0.944. The maximum Gasteiger partial charge on any atom is 0.252 e. The van der Waals surface area contributed by atoms with E-state index in [0.717, 1.165) is 42.3 Å². The summed E-state index contributed by atoms with van der Waals surface area (Å²) in [7, 11) is 0. The SMILES string of the molecule is O=c1[nH]cc(Br)cc1CN1CCCN(C2CCCC2)CC1. The van der Waals surface area contributed by atoms with Crippen LogP contribution in [-0.2, 0) is 6.54 Å². The van der Waals surface area contributed by atoms with Crippen LogP contribution in [-0.4, -0.2) is 47.0 Å². The minimum absolute atomic E-state index is 0.0371. The van der Waals surface area contributed by atoms with Crippen molar-refractivity contribution in [3.8, 4) is 0 Å². The first kappa shape index (κ1) is 15.3. The average molecular weight is 354 g/mol. The number of hydrogen-bond donors (Lipinski definition) is 1. The smallest absolute Gasteiger partial charge is 0.252 e. The number of nitrogens with one attached hydrogen (secondary N) is 1. The van der Waals surface area contributed by atoms with Gasteiger partial charge in [-0.25, -0.2) is 0 Å². The first-order valence-electron chi connectivity index (χ1n) is 8.06. The standard InChI is InChI=1S/C16H24BrN3O/c17-14-10-13(16(21)18-11-14)12-19-6-3-7-20(9-8-19)15-4-1-2-5-15/h10-11,15H,1-9,12H2,(H,18,21). The van der Waals surface area contributed by atoms with Gasteiger partial charge in [-0.2, -0.15) is 0 Å². The molecule has 1 aliphatic carbocycles. The molecule has 1 aromatic heterocycles. The van der Waals surface area contributed by atoms with Crippen molar-refractivity contribution in [2.75, 3.05) is 26.2 Å². The number of pyridine rings is 1. The van der Waals surface area contributed by atoms with E-state index in [0.29, 0.717) is 0 Å². The highest BCUT2D eigenvalue weighted by molar-refractivity contribution is 9.10. The number of hydrogen-bond acceptors (Lipinski definition) is 3. The highest BCUT2D eigenvalue weighted by atomic mass is 79.9. The van der Waals surface area contributed by atoms with Gasteiger partial charge < -0.3 is 4.98 Å². The van der Waals surface area contributed by atoms with Crippen molar-refractivity contribution >= 4 is 15.9 Å². The summed E-state index contributed by atoms with van der Waals surface area (Å²) >= 11 is 3.43. The average Bonchev–Trinajstić information content (AvgIpc) is 2.91. The maximum atomic E-state index is 11.9. The second kappa shape index (κ2) is 7.07. The lowest BCUT2D eigenvalue weighted by Gasteiger charge is -2.27. The Morgan fingerprint density at radius 2 is 1.95 bits per heavy atom.